The number of amides is 1. The number of hydrogen-bond donors (Lipinski definition) is 1. The first-order valence-electron chi connectivity index (χ1n) is 8.09. The van der Waals surface area contributed by atoms with E-state index in [9.17, 15) is 4.79 Å². The predicted molar refractivity (Wildman–Crippen MR) is 105 cm³/mol. The molecule has 1 amide bonds. The van der Waals surface area contributed by atoms with Crippen LogP contribution in [0.1, 0.15) is 20.9 Å². The summed E-state index contributed by atoms with van der Waals surface area (Å²) in [6, 6.07) is 13.9. The lowest BCUT2D eigenvalue weighted by molar-refractivity contribution is 0.0954. The third kappa shape index (κ3) is 3.44. The van der Waals surface area contributed by atoms with E-state index in [0.717, 1.165) is 26.8 Å². The normalized spacial score (nSPS) is 10.8. The molecule has 0 saturated carbocycles. The van der Waals surface area contributed by atoms with Crippen LogP contribution in [0.25, 0.3) is 15.6 Å². The van der Waals surface area contributed by atoms with Crippen molar-refractivity contribution in [2.24, 2.45) is 0 Å². The van der Waals surface area contributed by atoms with Crippen LogP contribution in [-0.2, 0) is 6.54 Å². The molecule has 0 radical (unpaired) electrons. The Morgan fingerprint density at radius 3 is 2.81 bits per heavy atom. The molecular formula is C19H16N4OS2. The van der Waals surface area contributed by atoms with Crippen molar-refractivity contribution in [3.8, 4) is 15.6 Å². The van der Waals surface area contributed by atoms with Gasteiger partial charge in [0, 0.05) is 18.3 Å². The second-order valence-electron chi connectivity index (χ2n) is 5.72. The highest BCUT2D eigenvalue weighted by atomic mass is 32.1. The number of carbonyl (C=O) groups is 1. The Balaban J connectivity index is 1.44. The standard InChI is InChI=1S/C19H16N4OS2/c1-13-17(26-19(22-13)16-8-5-9-25-16)18(24)20-10-14-11-21-23(12-14)15-6-3-2-4-7-15/h2-9,11-12H,10H2,1H3,(H,20,24). The van der Waals surface area contributed by atoms with E-state index >= 15 is 0 Å². The van der Waals surface area contributed by atoms with Gasteiger partial charge in [0.2, 0.25) is 0 Å². The summed E-state index contributed by atoms with van der Waals surface area (Å²) in [6.07, 6.45) is 3.69. The average molecular weight is 380 g/mol. The number of hydrogen-bond acceptors (Lipinski definition) is 5. The zero-order chi connectivity index (χ0) is 17.9. The van der Waals surface area contributed by atoms with Gasteiger partial charge in [-0.2, -0.15) is 5.10 Å². The third-order valence-corrected chi connectivity index (χ3v) is 6.04. The van der Waals surface area contributed by atoms with Crippen LogP contribution in [0.15, 0.2) is 60.2 Å². The van der Waals surface area contributed by atoms with E-state index in [2.05, 4.69) is 15.4 Å². The fourth-order valence-electron chi connectivity index (χ4n) is 2.55. The molecule has 4 rings (SSSR count). The van der Waals surface area contributed by atoms with E-state index < -0.39 is 0 Å². The highest BCUT2D eigenvalue weighted by Gasteiger charge is 2.16. The lowest BCUT2D eigenvalue weighted by Crippen LogP contribution is -2.22. The van der Waals surface area contributed by atoms with Gasteiger partial charge in [0.05, 0.1) is 22.5 Å². The molecular weight excluding hydrogens is 364 g/mol. The minimum atomic E-state index is -0.102. The average Bonchev–Trinajstić information content (AvgIpc) is 3.41. The predicted octanol–water partition coefficient (Wildman–Crippen LogP) is 4.30. The molecule has 5 nitrogen and oxygen atoms in total. The smallest absolute Gasteiger partial charge is 0.263 e. The maximum atomic E-state index is 12.5. The largest absolute Gasteiger partial charge is 0.347 e. The maximum absolute atomic E-state index is 12.5. The van der Waals surface area contributed by atoms with Gasteiger partial charge >= 0.3 is 0 Å². The zero-order valence-electron chi connectivity index (χ0n) is 14.0. The van der Waals surface area contributed by atoms with Crippen molar-refractivity contribution in [2.45, 2.75) is 13.5 Å². The van der Waals surface area contributed by atoms with E-state index in [1.54, 1.807) is 22.2 Å². The number of benzene rings is 1. The Labute approximate surface area is 159 Å². The van der Waals surface area contributed by atoms with Crippen molar-refractivity contribution < 1.29 is 4.79 Å². The SMILES string of the molecule is Cc1nc(-c2cccs2)sc1C(=O)NCc1cnn(-c2ccccc2)c1. The lowest BCUT2D eigenvalue weighted by Gasteiger charge is -2.02. The molecule has 7 heteroatoms. The van der Waals surface area contributed by atoms with Crippen LogP contribution >= 0.6 is 22.7 Å². The van der Waals surface area contributed by atoms with Crippen LogP contribution in [0.5, 0.6) is 0 Å². The van der Waals surface area contributed by atoms with Gasteiger partial charge in [0.15, 0.2) is 0 Å². The van der Waals surface area contributed by atoms with Crippen LogP contribution in [0, 0.1) is 6.92 Å². The number of aromatic nitrogens is 3. The third-order valence-electron chi connectivity index (χ3n) is 3.84. The Morgan fingerprint density at radius 1 is 1.19 bits per heavy atom. The summed E-state index contributed by atoms with van der Waals surface area (Å²) in [7, 11) is 0. The van der Waals surface area contributed by atoms with Gasteiger partial charge < -0.3 is 5.32 Å². The van der Waals surface area contributed by atoms with Gasteiger partial charge in [-0.1, -0.05) is 24.3 Å². The van der Waals surface area contributed by atoms with E-state index in [4.69, 9.17) is 0 Å². The lowest BCUT2D eigenvalue weighted by atomic mass is 10.3. The number of nitrogens with zero attached hydrogens (tertiary/aromatic N) is 3. The van der Waals surface area contributed by atoms with Crippen LogP contribution in [-0.4, -0.2) is 20.7 Å². The number of para-hydroxylation sites is 1. The molecule has 3 heterocycles. The zero-order valence-corrected chi connectivity index (χ0v) is 15.7. The first-order chi connectivity index (χ1) is 12.7. The van der Waals surface area contributed by atoms with Gasteiger partial charge in [0.25, 0.3) is 5.91 Å². The second kappa shape index (κ2) is 7.23. The van der Waals surface area contributed by atoms with Gasteiger partial charge in [0.1, 0.15) is 9.88 Å². The molecule has 130 valence electrons. The number of rotatable bonds is 5. The van der Waals surface area contributed by atoms with E-state index in [1.807, 2.05) is 61.0 Å². The molecule has 0 spiro atoms. The fourth-order valence-corrected chi connectivity index (χ4v) is 4.33. The van der Waals surface area contributed by atoms with Crippen molar-refractivity contribution in [1.29, 1.82) is 0 Å². The van der Waals surface area contributed by atoms with Crippen molar-refractivity contribution in [2.75, 3.05) is 0 Å². The van der Waals surface area contributed by atoms with Gasteiger partial charge in [-0.05, 0) is 30.5 Å². The summed E-state index contributed by atoms with van der Waals surface area (Å²) in [5.41, 5.74) is 2.70. The number of thiophene rings is 1. The summed E-state index contributed by atoms with van der Waals surface area (Å²) >= 11 is 3.05. The molecule has 1 N–H and O–H groups in total. The Bertz CT molecular complexity index is 1020. The molecule has 0 atom stereocenters. The monoisotopic (exact) mass is 380 g/mol. The highest BCUT2D eigenvalue weighted by molar-refractivity contribution is 7.22. The molecule has 26 heavy (non-hydrogen) atoms. The summed E-state index contributed by atoms with van der Waals surface area (Å²) < 4.78 is 1.80. The molecule has 0 aliphatic carbocycles. The van der Waals surface area contributed by atoms with Crippen molar-refractivity contribution in [3.63, 3.8) is 0 Å². The van der Waals surface area contributed by atoms with Crippen molar-refractivity contribution >= 4 is 28.6 Å². The van der Waals surface area contributed by atoms with E-state index in [-0.39, 0.29) is 5.91 Å². The fraction of sp³-hybridized carbons (Fsp3) is 0.105. The molecule has 3 aromatic heterocycles. The molecule has 4 aromatic rings. The molecule has 0 unspecified atom stereocenters. The van der Waals surface area contributed by atoms with Crippen molar-refractivity contribution in [3.05, 3.63) is 76.4 Å². The minimum Gasteiger partial charge on any atom is -0.347 e. The number of carbonyl (C=O) groups excluding carboxylic acids is 1. The summed E-state index contributed by atoms with van der Waals surface area (Å²) in [5.74, 6) is -0.102. The highest BCUT2D eigenvalue weighted by Crippen LogP contribution is 2.31. The molecule has 0 saturated heterocycles. The van der Waals surface area contributed by atoms with E-state index in [1.165, 1.54) is 11.3 Å². The Morgan fingerprint density at radius 2 is 2.04 bits per heavy atom. The van der Waals surface area contributed by atoms with Gasteiger partial charge in [-0.3, -0.25) is 4.79 Å². The number of aryl methyl sites for hydroxylation is 1. The topological polar surface area (TPSA) is 59.8 Å². The second-order valence-corrected chi connectivity index (χ2v) is 7.67. The number of nitrogens with one attached hydrogen (secondary N) is 1. The first-order valence-corrected chi connectivity index (χ1v) is 9.79. The summed E-state index contributed by atoms with van der Waals surface area (Å²) in [4.78, 5) is 18.8. The summed E-state index contributed by atoms with van der Waals surface area (Å²) in [5, 5.41) is 10.2. The maximum Gasteiger partial charge on any atom is 0.263 e. The van der Waals surface area contributed by atoms with Crippen LogP contribution in [0.2, 0.25) is 0 Å². The van der Waals surface area contributed by atoms with Crippen LogP contribution in [0.4, 0.5) is 0 Å². The summed E-state index contributed by atoms with van der Waals surface area (Å²) in [6.45, 7) is 2.30. The van der Waals surface area contributed by atoms with Crippen LogP contribution < -0.4 is 5.32 Å². The Kier molecular flexibility index (Phi) is 4.64. The Hall–Kier alpha value is -2.77. The minimum absolute atomic E-state index is 0.102. The first kappa shape index (κ1) is 16.7. The molecule has 0 aliphatic rings. The molecule has 1 aromatic carbocycles. The molecule has 0 fully saturated rings. The van der Waals surface area contributed by atoms with Gasteiger partial charge in [-0.25, -0.2) is 9.67 Å². The molecule has 0 aliphatic heterocycles. The van der Waals surface area contributed by atoms with Gasteiger partial charge in [-0.15, -0.1) is 22.7 Å². The number of thiazole rings is 1. The molecule has 0 bridgehead atoms. The van der Waals surface area contributed by atoms with E-state index in [0.29, 0.717) is 11.4 Å². The van der Waals surface area contributed by atoms with Crippen molar-refractivity contribution in [1.82, 2.24) is 20.1 Å². The quantitative estimate of drug-likeness (QED) is 0.562. The van der Waals surface area contributed by atoms with Crippen LogP contribution in [0.3, 0.4) is 0 Å².